The molecule has 4 heteroatoms. The summed E-state index contributed by atoms with van der Waals surface area (Å²) < 4.78 is 1.76. The molecule has 0 amide bonds. The number of aromatic nitrogens is 2. The molecule has 1 aromatic rings. The third-order valence-electron chi connectivity index (χ3n) is 1.55. The molecule has 0 radical (unpaired) electrons. The molecule has 0 aromatic carbocycles. The van der Waals surface area contributed by atoms with Gasteiger partial charge < -0.3 is 0 Å². The van der Waals surface area contributed by atoms with Crippen LogP contribution >= 0.6 is 11.8 Å². The van der Waals surface area contributed by atoms with Gasteiger partial charge >= 0.3 is 0 Å². The Balaban J connectivity index is 2.78. The van der Waals surface area contributed by atoms with Crippen molar-refractivity contribution in [1.82, 2.24) is 9.78 Å². The number of hydrogen-bond acceptors (Lipinski definition) is 3. The van der Waals surface area contributed by atoms with E-state index >= 15 is 0 Å². The van der Waals surface area contributed by atoms with E-state index in [1.165, 1.54) is 11.8 Å². The topological polar surface area (TPSA) is 41.6 Å². The Kier molecular flexibility index (Phi) is 3.15. The third-order valence-corrected chi connectivity index (χ3v) is 2.33. The fraction of sp³-hybridized carbons (Fsp3) is 0.333. The maximum atomic E-state index is 8.39. The van der Waals surface area contributed by atoms with Gasteiger partial charge in [-0.2, -0.15) is 10.4 Å². The van der Waals surface area contributed by atoms with Crippen molar-refractivity contribution in [3.05, 3.63) is 24.0 Å². The lowest BCUT2D eigenvalue weighted by Gasteiger charge is -2.04. The van der Waals surface area contributed by atoms with E-state index < -0.39 is 0 Å². The molecule has 1 aromatic heterocycles. The van der Waals surface area contributed by atoms with Gasteiger partial charge in [0.2, 0.25) is 0 Å². The highest BCUT2D eigenvalue weighted by Gasteiger charge is 2.04. The fourth-order valence-electron chi connectivity index (χ4n) is 1.06. The van der Waals surface area contributed by atoms with Crippen LogP contribution in [0.5, 0.6) is 0 Å². The standard InChI is InChI=1S/C9H11N3S/c1-7-6-8(2)12(11-7)9(3)13-5-4-10/h6H,3,5H2,1-2H3. The summed E-state index contributed by atoms with van der Waals surface area (Å²) in [5.41, 5.74) is 2.02. The smallest absolute Gasteiger partial charge is 0.0916 e. The molecule has 0 atom stereocenters. The van der Waals surface area contributed by atoms with E-state index in [-0.39, 0.29) is 0 Å². The van der Waals surface area contributed by atoms with Gasteiger partial charge in [-0.15, -0.1) is 0 Å². The number of nitriles is 1. The SMILES string of the molecule is C=C(SCC#N)n1nc(C)cc1C. The Morgan fingerprint density at radius 2 is 2.46 bits per heavy atom. The van der Waals surface area contributed by atoms with Crippen molar-refractivity contribution in [2.75, 3.05) is 5.75 Å². The van der Waals surface area contributed by atoms with Crippen LogP contribution in [-0.2, 0) is 0 Å². The molecule has 0 saturated heterocycles. The average molecular weight is 193 g/mol. The first-order valence-electron chi connectivity index (χ1n) is 3.87. The van der Waals surface area contributed by atoms with Crippen molar-refractivity contribution in [1.29, 1.82) is 5.26 Å². The highest BCUT2D eigenvalue weighted by molar-refractivity contribution is 8.08. The molecule has 0 bridgehead atoms. The van der Waals surface area contributed by atoms with Crippen LogP contribution in [0.4, 0.5) is 0 Å². The van der Waals surface area contributed by atoms with Crippen LogP contribution in [0.1, 0.15) is 11.4 Å². The van der Waals surface area contributed by atoms with Crippen molar-refractivity contribution in [2.24, 2.45) is 0 Å². The molecule has 13 heavy (non-hydrogen) atoms. The lowest BCUT2D eigenvalue weighted by molar-refractivity contribution is 0.874. The van der Waals surface area contributed by atoms with Crippen LogP contribution < -0.4 is 0 Å². The summed E-state index contributed by atoms with van der Waals surface area (Å²) in [4.78, 5) is 0. The van der Waals surface area contributed by atoms with Crippen LogP contribution in [-0.4, -0.2) is 15.5 Å². The molecule has 0 spiro atoms. The number of hydrogen-bond donors (Lipinski definition) is 0. The number of thioether (sulfide) groups is 1. The lowest BCUT2D eigenvalue weighted by Crippen LogP contribution is -1.97. The summed E-state index contributed by atoms with van der Waals surface area (Å²) in [6, 6.07) is 4.04. The zero-order valence-electron chi connectivity index (χ0n) is 7.74. The maximum absolute atomic E-state index is 8.39. The molecular weight excluding hydrogens is 182 g/mol. The molecular formula is C9H11N3S. The van der Waals surface area contributed by atoms with E-state index in [1.807, 2.05) is 19.9 Å². The molecule has 0 aliphatic heterocycles. The Bertz CT molecular complexity index is 359. The molecule has 1 heterocycles. The summed E-state index contributed by atoms with van der Waals surface area (Å²) in [7, 11) is 0. The zero-order valence-corrected chi connectivity index (χ0v) is 8.56. The van der Waals surface area contributed by atoms with Gasteiger partial charge in [-0.25, -0.2) is 4.68 Å². The summed E-state index contributed by atoms with van der Waals surface area (Å²) in [5.74, 6) is 0.414. The zero-order chi connectivity index (χ0) is 9.84. The predicted molar refractivity (Wildman–Crippen MR) is 55.1 cm³/mol. The second-order valence-corrected chi connectivity index (χ2v) is 3.73. The normalized spacial score (nSPS) is 9.62. The van der Waals surface area contributed by atoms with Crippen LogP contribution in [0.25, 0.3) is 5.03 Å². The minimum atomic E-state index is 0.414. The molecule has 0 fully saturated rings. The monoisotopic (exact) mass is 193 g/mol. The number of aryl methyl sites for hydroxylation is 2. The van der Waals surface area contributed by atoms with Crippen LogP contribution in [0.2, 0.25) is 0 Å². The van der Waals surface area contributed by atoms with Crippen molar-refractivity contribution >= 4 is 16.8 Å². The van der Waals surface area contributed by atoms with Gasteiger partial charge in [-0.05, 0) is 19.9 Å². The average Bonchev–Trinajstić information content (AvgIpc) is 2.41. The maximum Gasteiger partial charge on any atom is 0.0916 e. The predicted octanol–water partition coefficient (Wildman–Crippen LogP) is 2.18. The van der Waals surface area contributed by atoms with Gasteiger partial charge in [0.1, 0.15) is 0 Å². The molecule has 0 unspecified atom stereocenters. The number of nitrogens with zero attached hydrogens (tertiary/aromatic N) is 3. The quantitative estimate of drug-likeness (QED) is 0.738. The second kappa shape index (κ2) is 4.15. The Morgan fingerprint density at radius 3 is 2.92 bits per heavy atom. The van der Waals surface area contributed by atoms with Crippen molar-refractivity contribution < 1.29 is 0 Å². The molecule has 3 nitrogen and oxygen atoms in total. The Labute approximate surface area is 82.1 Å². The van der Waals surface area contributed by atoms with Crippen LogP contribution in [0, 0.1) is 25.2 Å². The first kappa shape index (κ1) is 9.87. The highest BCUT2D eigenvalue weighted by atomic mass is 32.2. The lowest BCUT2D eigenvalue weighted by atomic mass is 10.4. The van der Waals surface area contributed by atoms with Crippen LogP contribution in [0.3, 0.4) is 0 Å². The van der Waals surface area contributed by atoms with E-state index in [9.17, 15) is 0 Å². The minimum Gasteiger partial charge on any atom is -0.232 e. The van der Waals surface area contributed by atoms with Crippen molar-refractivity contribution in [3.8, 4) is 6.07 Å². The molecule has 1 rings (SSSR count). The molecule has 0 N–H and O–H groups in total. The van der Waals surface area contributed by atoms with Crippen molar-refractivity contribution in [2.45, 2.75) is 13.8 Å². The van der Waals surface area contributed by atoms with Gasteiger partial charge in [0.15, 0.2) is 0 Å². The first-order valence-corrected chi connectivity index (χ1v) is 4.86. The second-order valence-electron chi connectivity index (χ2n) is 2.68. The molecule has 0 aliphatic carbocycles. The van der Waals surface area contributed by atoms with Gasteiger partial charge in [0, 0.05) is 5.69 Å². The number of rotatable bonds is 3. The van der Waals surface area contributed by atoms with Gasteiger partial charge in [-0.3, -0.25) is 0 Å². The molecule has 0 aliphatic rings. The van der Waals surface area contributed by atoms with Gasteiger partial charge in [-0.1, -0.05) is 18.3 Å². The van der Waals surface area contributed by atoms with E-state index in [2.05, 4.69) is 17.7 Å². The van der Waals surface area contributed by atoms with E-state index in [1.54, 1.807) is 4.68 Å². The largest absolute Gasteiger partial charge is 0.232 e. The highest BCUT2D eigenvalue weighted by Crippen LogP contribution is 2.19. The summed E-state index contributed by atoms with van der Waals surface area (Å²) >= 11 is 1.40. The van der Waals surface area contributed by atoms with E-state index in [0.29, 0.717) is 5.75 Å². The summed E-state index contributed by atoms with van der Waals surface area (Å²) in [6.07, 6.45) is 0. The van der Waals surface area contributed by atoms with Gasteiger partial charge in [0.25, 0.3) is 0 Å². The Morgan fingerprint density at radius 1 is 1.77 bits per heavy atom. The minimum absolute atomic E-state index is 0.414. The summed E-state index contributed by atoms with van der Waals surface area (Å²) in [6.45, 7) is 7.76. The first-order chi connectivity index (χ1) is 6.15. The molecule has 0 saturated carbocycles. The van der Waals surface area contributed by atoms with Crippen LogP contribution in [0.15, 0.2) is 12.6 Å². The third kappa shape index (κ3) is 2.36. The van der Waals surface area contributed by atoms with Gasteiger partial charge in [0.05, 0.1) is 22.5 Å². The summed E-state index contributed by atoms with van der Waals surface area (Å²) in [5, 5.41) is 13.4. The molecule has 68 valence electrons. The van der Waals surface area contributed by atoms with Crippen molar-refractivity contribution in [3.63, 3.8) is 0 Å². The fourth-order valence-corrected chi connectivity index (χ4v) is 1.60. The van der Waals surface area contributed by atoms with E-state index in [4.69, 9.17) is 5.26 Å². The van der Waals surface area contributed by atoms with E-state index in [0.717, 1.165) is 16.4 Å². The Hall–Kier alpha value is -1.21.